The molecule has 11 unspecified atom stereocenters. The van der Waals surface area contributed by atoms with Crippen LogP contribution in [0.1, 0.15) is 46.0 Å². The van der Waals surface area contributed by atoms with Crippen molar-refractivity contribution >= 4 is 17.9 Å². The van der Waals surface area contributed by atoms with Gasteiger partial charge in [0.1, 0.15) is 11.5 Å². The molecule has 0 amide bonds. The van der Waals surface area contributed by atoms with Gasteiger partial charge in [0.15, 0.2) is 24.3 Å². The normalized spacial score (nSPS) is 54.1. The molecule has 0 aromatic rings. The first-order chi connectivity index (χ1) is 15.7. The van der Waals surface area contributed by atoms with Gasteiger partial charge in [-0.1, -0.05) is 26.0 Å². The molecule has 178 valence electrons. The Hall–Kier alpha value is -1.97. The van der Waals surface area contributed by atoms with E-state index in [2.05, 4.69) is 12.2 Å². The van der Waals surface area contributed by atoms with Gasteiger partial charge in [-0.2, -0.15) is 0 Å². The molecule has 3 saturated heterocycles. The van der Waals surface area contributed by atoms with E-state index in [0.29, 0.717) is 18.8 Å². The molecule has 4 aliphatic carbocycles. The van der Waals surface area contributed by atoms with Crippen molar-refractivity contribution in [3.63, 3.8) is 0 Å². The maximum absolute atomic E-state index is 12.8. The summed E-state index contributed by atoms with van der Waals surface area (Å²) in [5.41, 5.74) is -1.70. The second-order valence-electron chi connectivity index (χ2n) is 11.4. The van der Waals surface area contributed by atoms with Crippen molar-refractivity contribution < 1.29 is 43.2 Å². The van der Waals surface area contributed by atoms with Crippen molar-refractivity contribution in [2.24, 2.45) is 34.5 Å². The Morgan fingerprint density at radius 2 is 1.94 bits per heavy atom. The van der Waals surface area contributed by atoms with Crippen LogP contribution in [0.5, 0.6) is 0 Å². The van der Waals surface area contributed by atoms with E-state index in [1.807, 2.05) is 13.8 Å². The van der Waals surface area contributed by atoms with E-state index in [0.717, 1.165) is 19.3 Å². The van der Waals surface area contributed by atoms with E-state index in [1.165, 1.54) is 0 Å². The molecule has 9 nitrogen and oxygen atoms in total. The number of aliphatic carboxylic acids is 1. The molecule has 0 aromatic heterocycles. The second-order valence-corrected chi connectivity index (χ2v) is 11.4. The number of carboxylic acids is 1. The van der Waals surface area contributed by atoms with Crippen LogP contribution in [0.25, 0.3) is 0 Å². The molecule has 4 bridgehead atoms. The molecule has 9 heteroatoms. The van der Waals surface area contributed by atoms with Crippen LogP contribution >= 0.6 is 0 Å². The zero-order valence-corrected chi connectivity index (χ0v) is 18.6. The Morgan fingerprint density at radius 3 is 2.61 bits per heavy atom. The number of allylic oxidation sites excluding steroid dienone is 2. The standard InChI is InChI=1S/C24H28O9/c1-22(2)12-5-6-23(22,21(27)28)24(9-12)32-17-15-14(31-20(17)33-24)16(19(26)29-15)30-18(25)13-8-10-3-4-11(13)7-10/h3-4,10-17,20H,5-9H2,1-2H3,(H,27,28). The third-order valence-corrected chi connectivity index (χ3v) is 9.97. The van der Waals surface area contributed by atoms with Gasteiger partial charge in [-0.25, -0.2) is 4.79 Å². The summed E-state index contributed by atoms with van der Waals surface area (Å²) in [5, 5.41) is 10.3. The van der Waals surface area contributed by atoms with E-state index < -0.39 is 65.2 Å². The minimum Gasteiger partial charge on any atom is -0.481 e. The van der Waals surface area contributed by atoms with Gasteiger partial charge in [-0.3, -0.25) is 9.59 Å². The van der Waals surface area contributed by atoms with Crippen molar-refractivity contribution in [2.75, 3.05) is 0 Å². The molecule has 33 heavy (non-hydrogen) atoms. The van der Waals surface area contributed by atoms with Crippen LogP contribution in [0.3, 0.4) is 0 Å². The third kappa shape index (κ3) is 2.27. The van der Waals surface area contributed by atoms with Gasteiger partial charge in [0, 0.05) is 6.42 Å². The van der Waals surface area contributed by atoms with Crippen LogP contribution < -0.4 is 0 Å². The lowest BCUT2D eigenvalue weighted by Crippen LogP contribution is -2.56. The highest BCUT2D eigenvalue weighted by Crippen LogP contribution is 2.73. The Morgan fingerprint density at radius 1 is 1.12 bits per heavy atom. The quantitative estimate of drug-likeness (QED) is 0.497. The van der Waals surface area contributed by atoms with E-state index in [4.69, 9.17) is 23.7 Å². The zero-order valence-electron chi connectivity index (χ0n) is 18.6. The lowest BCUT2D eigenvalue weighted by atomic mass is 9.67. The molecule has 11 atom stereocenters. The fourth-order valence-electron chi connectivity index (χ4n) is 8.20. The van der Waals surface area contributed by atoms with Crippen molar-refractivity contribution in [1.82, 2.24) is 0 Å². The Bertz CT molecular complexity index is 988. The highest BCUT2D eigenvalue weighted by Gasteiger charge is 2.81. The van der Waals surface area contributed by atoms with Crippen molar-refractivity contribution in [3.8, 4) is 0 Å². The molecule has 7 rings (SSSR count). The highest BCUT2D eigenvalue weighted by molar-refractivity contribution is 5.83. The number of esters is 2. The molecule has 6 fully saturated rings. The largest absolute Gasteiger partial charge is 0.481 e. The minimum atomic E-state index is -1.32. The summed E-state index contributed by atoms with van der Waals surface area (Å²) < 4.78 is 29.8. The Labute approximate surface area is 190 Å². The summed E-state index contributed by atoms with van der Waals surface area (Å²) in [6, 6.07) is 0. The van der Waals surface area contributed by atoms with E-state index in [-0.39, 0.29) is 17.8 Å². The summed E-state index contributed by atoms with van der Waals surface area (Å²) in [6.45, 7) is 3.93. The Kier molecular flexibility index (Phi) is 3.82. The summed E-state index contributed by atoms with van der Waals surface area (Å²) in [7, 11) is 0. The van der Waals surface area contributed by atoms with Crippen LogP contribution in [-0.4, -0.2) is 59.5 Å². The highest BCUT2D eigenvalue weighted by atomic mass is 16.9. The van der Waals surface area contributed by atoms with E-state index in [1.54, 1.807) is 0 Å². The molecule has 1 spiro atoms. The number of hydrogen-bond donors (Lipinski definition) is 1. The van der Waals surface area contributed by atoms with Crippen LogP contribution in [0.4, 0.5) is 0 Å². The first-order valence-corrected chi connectivity index (χ1v) is 12.0. The second kappa shape index (κ2) is 6.17. The van der Waals surface area contributed by atoms with Crippen molar-refractivity contribution in [3.05, 3.63) is 12.2 Å². The first kappa shape index (κ1) is 20.4. The number of hydrogen-bond acceptors (Lipinski definition) is 8. The average Bonchev–Trinajstić information content (AvgIpc) is 3.59. The van der Waals surface area contributed by atoms with Crippen LogP contribution in [-0.2, 0) is 38.1 Å². The van der Waals surface area contributed by atoms with Gasteiger partial charge in [-0.05, 0) is 48.9 Å². The van der Waals surface area contributed by atoms with Gasteiger partial charge in [0.25, 0.3) is 0 Å². The molecule has 1 N–H and O–H groups in total. The van der Waals surface area contributed by atoms with Gasteiger partial charge in [0.2, 0.25) is 6.10 Å². The molecular formula is C24H28O9. The fourth-order valence-corrected chi connectivity index (χ4v) is 8.20. The lowest BCUT2D eigenvalue weighted by Gasteiger charge is -2.44. The van der Waals surface area contributed by atoms with Crippen LogP contribution in [0.15, 0.2) is 12.2 Å². The van der Waals surface area contributed by atoms with Crippen LogP contribution in [0.2, 0.25) is 0 Å². The van der Waals surface area contributed by atoms with Crippen molar-refractivity contribution in [1.29, 1.82) is 0 Å². The van der Waals surface area contributed by atoms with Crippen molar-refractivity contribution in [2.45, 2.75) is 82.4 Å². The van der Waals surface area contributed by atoms with Crippen LogP contribution in [0, 0.1) is 34.5 Å². The molecular weight excluding hydrogens is 432 g/mol. The van der Waals surface area contributed by atoms with E-state index in [9.17, 15) is 19.5 Å². The molecule has 0 radical (unpaired) electrons. The smallest absolute Gasteiger partial charge is 0.350 e. The number of carbonyl (C=O) groups excluding carboxylic acids is 2. The summed E-state index contributed by atoms with van der Waals surface area (Å²) >= 11 is 0. The molecule has 0 aromatic carbocycles. The zero-order chi connectivity index (χ0) is 22.9. The average molecular weight is 460 g/mol. The summed E-state index contributed by atoms with van der Waals surface area (Å²) in [4.78, 5) is 38.0. The van der Waals surface area contributed by atoms with Gasteiger partial charge in [0.05, 0.1) is 5.92 Å². The maximum atomic E-state index is 12.8. The fraction of sp³-hybridized carbons (Fsp3) is 0.792. The van der Waals surface area contributed by atoms with Gasteiger partial charge < -0.3 is 28.8 Å². The van der Waals surface area contributed by atoms with Gasteiger partial charge >= 0.3 is 17.9 Å². The monoisotopic (exact) mass is 460 g/mol. The van der Waals surface area contributed by atoms with Gasteiger partial charge in [-0.15, -0.1) is 0 Å². The number of rotatable bonds is 3. The first-order valence-electron chi connectivity index (χ1n) is 12.0. The molecule has 3 heterocycles. The number of carbonyl (C=O) groups is 3. The topological polar surface area (TPSA) is 118 Å². The predicted molar refractivity (Wildman–Crippen MR) is 107 cm³/mol. The SMILES string of the molecule is CC1(C)C2CCC1(C(=O)O)C1(C2)OC2OC3C(OC(=O)C4CC5C=CC4C5)C(=O)OC3C2O1. The Balaban J connectivity index is 1.11. The lowest BCUT2D eigenvalue weighted by molar-refractivity contribution is -0.288. The summed E-state index contributed by atoms with van der Waals surface area (Å²) in [5.74, 6) is -2.81. The predicted octanol–water partition coefficient (Wildman–Crippen LogP) is 1.78. The minimum absolute atomic E-state index is 0.152. The number of fused-ring (bicyclic) bond motifs is 8. The molecule has 3 saturated carbocycles. The summed E-state index contributed by atoms with van der Waals surface area (Å²) in [6.07, 6.45) is 3.22. The number of carboxylic acid groups (broad SMARTS) is 1. The third-order valence-electron chi connectivity index (χ3n) is 9.97. The number of ether oxygens (including phenoxy) is 5. The molecule has 7 aliphatic rings. The van der Waals surface area contributed by atoms with E-state index >= 15 is 0 Å². The molecule has 3 aliphatic heterocycles. The maximum Gasteiger partial charge on any atom is 0.350 e.